The molecule has 0 aromatic heterocycles. The normalized spacial score (nSPS) is 22.9. The van der Waals surface area contributed by atoms with E-state index in [2.05, 4.69) is 167 Å². The molecule has 2 atom stereocenters. The van der Waals surface area contributed by atoms with Crippen LogP contribution in [-0.4, -0.2) is 6.94 Å². The third-order valence-electron chi connectivity index (χ3n) is 17.0. The molecule has 0 saturated heterocycles. The summed E-state index contributed by atoms with van der Waals surface area (Å²) in [4.78, 5) is 0. The van der Waals surface area contributed by atoms with Crippen LogP contribution in [0.1, 0.15) is 134 Å². The molecule has 0 spiro atoms. The van der Waals surface area contributed by atoms with Gasteiger partial charge in [-0.1, -0.05) is 0 Å². The second kappa shape index (κ2) is 11.3. The van der Waals surface area contributed by atoms with Gasteiger partial charge in [-0.15, -0.1) is 0 Å². The Kier molecular flexibility index (Phi) is 7.88. The Morgan fingerprint density at radius 1 is 0.519 bits per heavy atom. The zero-order chi connectivity index (χ0) is 36.8. The van der Waals surface area contributed by atoms with Crippen molar-refractivity contribution >= 4 is 19.1 Å². The van der Waals surface area contributed by atoms with E-state index >= 15 is 0 Å². The zero-order valence-electron chi connectivity index (χ0n) is 33.6. The molecular weight excluding hydrogens is 807 g/mol. The Morgan fingerprint density at radius 2 is 0.885 bits per heavy atom. The van der Waals surface area contributed by atoms with E-state index in [0.717, 1.165) is 7.35 Å². The summed E-state index contributed by atoms with van der Waals surface area (Å²) in [5, 5.41) is 0. The maximum absolute atomic E-state index is 5.36. The number of benzene rings is 4. The molecule has 2 fully saturated rings. The molecule has 2 heteroatoms. The fourth-order valence-electron chi connectivity index (χ4n) is 13.7. The van der Waals surface area contributed by atoms with Crippen molar-refractivity contribution in [3.63, 3.8) is 0 Å². The third-order valence-corrected chi connectivity index (χ3v) is 87.3. The van der Waals surface area contributed by atoms with Gasteiger partial charge in [-0.2, -0.15) is 0 Å². The molecule has 4 aliphatic rings. The van der Waals surface area contributed by atoms with E-state index in [-0.39, 0.29) is 10.8 Å². The summed E-state index contributed by atoms with van der Waals surface area (Å²) in [6, 6.07) is 33.6. The first-order valence-electron chi connectivity index (χ1n) is 20.8. The molecule has 0 bridgehead atoms. The molecule has 0 N–H and O–H groups in total. The Morgan fingerprint density at radius 3 is 1.25 bits per heavy atom. The predicted molar refractivity (Wildman–Crippen MR) is 229 cm³/mol. The van der Waals surface area contributed by atoms with Crippen molar-refractivity contribution in [1.82, 2.24) is 0 Å². The first-order valence-corrected chi connectivity index (χ1v) is 44.6. The zero-order valence-corrected chi connectivity index (χ0v) is 38.6. The predicted octanol–water partition coefficient (Wildman–Crippen LogP) is 14.6. The molecule has 4 aromatic rings. The van der Waals surface area contributed by atoms with Crippen LogP contribution in [0.5, 0.6) is 0 Å². The standard InChI is InChI=1S/2C19H19.2C5H9.2CH3.Hf.H2Si/c2*1-19(2,3)16-10-4-9-15(13-16)18-12-6-8-14-7-5-11-17(14)18;2*1-2-4-5-3-1;;;;/h2*4-13H,1-3H3;2*1H,2-5H2;2*1H3;;1H2. The Hall–Kier alpha value is -2.55. The molecule has 0 nitrogen and oxygen atoms in total. The monoisotopic (exact) mass is 872 g/mol. The number of fused-ring (bicyclic) bond motifs is 2. The van der Waals surface area contributed by atoms with Gasteiger partial charge in [0.1, 0.15) is 0 Å². The van der Waals surface area contributed by atoms with Gasteiger partial charge in [-0.3, -0.25) is 0 Å². The van der Waals surface area contributed by atoms with Gasteiger partial charge in [-0.05, 0) is 0 Å². The van der Waals surface area contributed by atoms with Gasteiger partial charge in [0.15, 0.2) is 0 Å². The van der Waals surface area contributed by atoms with Crippen LogP contribution < -0.4 is 0 Å². The Balaban J connectivity index is 1.39. The van der Waals surface area contributed by atoms with Crippen LogP contribution in [0.25, 0.3) is 34.4 Å². The topological polar surface area (TPSA) is 0 Å². The molecule has 0 radical (unpaired) electrons. The van der Waals surface area contributed by atoms with Crippen molar-refractivity contribution < 1.29 is 14.2 Å². The second-order valence-corrected chi connectivity index (χ2v) is 95.8. The van der Waals surface area contributed by atoms with Crippen molar-refractivity contribution in [2.75, 3.05) is 0 Å². The van der Waals surface area contributed by atoms with Crippen LogP contribution in [0.4, 0.5) is 0 Å². The summed E-state index contributed by atoms with van der Waals surface area (Å²) in [6.07, 6.45) is 22.0. The average molecular weight is 872 g/mol. The van der Waals surface area contributed by atoms with Crippen LogP contribution in [-0.2, 0) is 25.0 Å². The fourth-order valence-corrected chi connectivity index (χ4v) is 77.2. The summed E-state index contributed by atoms with van der Waals surface area (Å²) in [6.45, 7) is 16.8. The minimum absolute atomic E-state index is 0.118. The van der Waals surface area contributed by atoms with Gasteiger partial charge in [0.25, 0.3) is 0 Å². The maximum atomic E-state index is 3.09. The molecule has 4 aromatic carbocycles. The summed E-state index contributed by atoms with van der Waals surface area (Å²) < 4.78 is 8.69. The minimum atomic E-state index is -5.36. The van der Waals surface area contributed by atoms with Crippen molar-refractivity contribution in [3.8, 4) is 22.3 Å². The molecule has 272 valence electrons. The number of hydrogen-bond acceptors (Lipinski definition) is 0. The van der Waals surface area contributed by atoms with Crippen molar-refractivity contribution in [2.24, 2.45) is 0 Å². The van der Waals surface area contributed by atoms with E-state index in [1.54, 1.807) is 11.1 Å². The third kappa shape index (κ3) is 4.84. The molecule has 0 amide bonds. The van der Waals surface area contributed by atoms with E-state index in [4.69, 9.17) is 0 Å². The molecule has 0 aliphatic heterocycles. The molecule has 2 saturated carbocycles. The molecule has 8 rings (SSSR count). The summed E-state index contributed by atoms with van der Waals surface area (Å²) in [5.74, 6) is 0. The summed E-state index contributed by atoms with van der Waals surface area (Å²) in [7, 11) is 0. The molecule has 4 aliphatic carbocycles. The molecule has 0 heterocycles. The molecular formula is C50H64HfSi. The van der Waals surface area contributed by atoms with Gasteiger partial charge < -0.3 is 0 Å². The average Bonchev–Trinajstić information content (AvgIpc) is 3.95. The van der Waals surface area contributed by atoms with Crippen LogP contribution in [0.2, 0.25) is 16.7 Å². The van der Waals surface area contributed by atoms with Crippen LogP contribution in [0.15, 0.2) is 97.1 Å². The van der Waals surface area contributed by atoms with Crippen LogP contribution in [0, 0.1) is 0 Å². The number of hydrogen-bond donors (Lipinski definition) is 0. The SMILES string of the molecule is CC(C)(C)c1cccc(-c2cccc3c2C=C[CH]3[Hf]([CH3])([CH3])(=[SiH2])([CH]2CCCC2)([CH]2CCCC2)[CH]2C=Cc3c(-c4cccc(C(C)(C)C)c4)cccc32)c1. The fraction of sp³-hybridized carbons (Fsp3) is 0.440. The van der Waals surface area contributed by atoms with Crippen molar-refractivity contribution in [1.29, 1.82) is 0 Å². The van der Waals surface area contributed by atoms with Gasteiger partial charge in [-0.25, -0.2) is 0 Å². The van der Waals surface area contributed by atoms with E-state index < -0.39 is 14.2 Å². The van der Waals surface area contributed by atoms with E-state index in [1.807, 2.05) is 0 Å². The number of rotatable bonds is 6. The molecule has 2 unspecified atom stereocenters. The van der Waals surface area contributed by atoms with Crippen molar-refractivity contribution in [3.05, 3.63) is 130 Å². The first-order chi connectivity index (χ1) is 24.4. The van der Waals surface area contributed by atoms with Crippen molar-refractivity contribution in [2.45, 2.75) is 128 Å². The van der Waals surface area contributed by atoms with E-state index in [1.165, 1.54) is 95.9 Å². The summed E-state index contributed by atoms with van der Waals surface area (Å²) >= 11 is -5.36. The van der Waals surface area contributed by atoms with Crippen LogP contribution >= 0.6 is 0 Å². The first kappa shape index (κ1) is 36.4. The van der Waals surface area contributed by atoms with Gasteiger partial charge in [0.2, 0.25) is 0 Å². The van der Waals surface area contributed by atoms with Gasteiger partial charge >= 0.3 is 314 Å². The molecule has 52 heavy (non-hydrogen) atoms. The van der Waals surface area contributed by atoms with E-state index in [0.29, 0.717) is 7.35 Å². The quantitative estimate of drug-likeness (QED) is 0.169. The van der Waals surface area contributed by atoms with Crippen LogP contribution in [0.3, 0.4) is 0 Å². The summed E-state index contributed by atoms with van der Waals surface area (Å²) in [5.41, 5.74) is 14.9. The Labute approximate surface area is 311 Å². The second-order valence-electron chi connectivity index (χ2n) is 22.2. The van der Waals surface area contributed by atoms with E-state index in [9.17, 15) is 0 Å². The van der Waals surface area contributed by atoms with Gasteiger partial charge in [0, 0.05) is 0 Å². The number of allylic oxidation sites excluding steroid dienone is 2. The van der Waals surface area contributed by atoms with Gasteiger partial charge in [0.05, 0.1) is 0 Å². The Bertz CT molecular complexity index is 2120.